The van der Waals surface area contributed by atoms with Gasteiger partial charge in [-0.3, -0.25) is 9.59 Å². The molecular weight excluding hydrogens is 269 g/mol. The molecule has 0 aromatic heterocycles. The van der Waals surface area contributed by atoms with Crippen molar-refractivity contribution >= 4 is 11.7 Å². The molecule has 21 heavy (non-hydrogen) atoms. The van der Waals surface area contributed by atoms with Gasteiger partial charge in [-0.05, 0) is 44.2 Å². The zero-order valence-corrected chi connectivity index (χ0v) is 11.9. The molecule has 0 saturated heterocycles. The number of ketones is 1. The summed E-state index contributed by atoms with van der Waals surface area (Å²) in [5, 5.41) is 2.76. The lowest BCUT2D eigenvalue weighted by molar-refractivity contribution is 0.0932. The molecule has 1 N–H and O–H groups in total. The van der Waals surface area contributed by atoms with Crippen molar-refractivity contribution in [1.29, 1.82) is 0 Å². The molecule has 2 rings (SSSR count). The van der Waals surface area contributed by atoms with Crippen molar-refractivity contribution in [3.8, 4) is 0 Å². The molecule has 0 spiro atoms. The van der Waals surface area contributed by atoms with E-state index < -0.39 is 5.82 Å². The summed E-state index contributed by atoms with van der Waals surface area (Å²) in [4.78, 5) is 24.6. The van der Waals surface area contributed by atoms with Gasteiger partial charge in [-0.25, -0.2) is 4.39 Å². The second-order valence-electron chi connectivity index (χ2n) is 5.01. The minimum Gasteiger partial charge on any atom is -0.350 e. The highest BCUT2D eigenvalue weighted by Crippen LogP contribution is 2.15. The lowest BCUT2D eigenvalue weighted by atomic mass is 9.98. The number of hydrogen-bond donors (Lipinski definition) is 1. The Labute approximate surface area is 122 Å². The van der Waals surface area contributed by atoms with E-state index in [1.807, 2.05) is 13.8 Å². The van der Waals surface area contributed by atoms with E-state index in [2.05, 4.69) is 5.32 Å². The Morgan fingerprint density at radius 3 is 2.10 bits per heavy atom. The SMILES string of the molecule is CC(C)NC(=O)c1ccccc1C(=O)c1ccc(F)cc1. The molecule has 0 heterocycles. The quantitative estimate of drug-likeness (QED) is 0.877. The molecule has 2 aromatic carbocycles. The molecule has 3 nitrogen and oxygen atoms in total. The number of amides is 1. The average Bonchev–Trinajstić information content (AvgIpc) is 2.46. The van der Waals surface area contributed by atoms with Crippen LogP contribution in [0, 0.1) is 5.82 Å². The maximum absolute atomic E-state index is 12.9. The second-order valence-corrected chi connectivity index (χ2v) is 5.01. The zero-order chi connectivity index (χ0) is 15.4. The molecule has 4 heteroatoms. The van der Waals surface area contributed by atoms with Gasteiger partial charge in [0.05, 0.1) is 5.56 Å². The van der Waals surface area contributed by atoms with E-state index in [-0.39, 0.29) is 17.7 Å². The predicted molar refractivity (Wildman–Crippen MR) is 78.9 cm³/mol. The van der Waals surface area contributed by atoms with Gasteiger partial charge in [0.2, 0.25) is 0 Å². The monoisotopic (exact) mass is 285 g/mol. The Morgan fingerprint density at radius 2 is 1.52 bits per heavy atom. The molecule has 2 aromatic rings. The van der Waals surface area contributed by atoms with Crippen molar-refractivity contribution < 1.29 is 14.0 Å². The van der Waals surface area contributed by atoms with Gasteiger partial charge in [0, 0.05) is 17.2 Å². The third-order valence-electron chi connectivity index (χ3n) is 2.94. The molecule has 0 unspecified atom stereocenters. The van der Waals surface area contributed by atoms with Crippen LogP contribution in [0.25, 0.3) is 0 Å². The van der Waals surface area contributed by atoms with Gasteiger partial charge in [-0.2, -0.15) is 0 Å². The van der Waals surface area contributed by atoms with Crippen LogP contribution in [0.3, 0.4) is 0 Å². The van der Waals surface area contributed by atoms with E-state index in [0.717, 1.165) is 0 Å². The predicted octanol–water partition coefficient (Wildman–Crippen LogP) is 3.19. The Kier molecular flexibility index (Phi) is 4.48. The van der Waals surface area contributed by atoms with Crippen LogP contribution >= 0.6 is 0 Å². The van der Waals surface area contributed by atoms with E-state index >= 15 is 0 Å². The number of carbonyl (C=O) groups is 2. The van der Waals surface area contributed by atoms with E-state index in [0.29, 0.717) is 16.7 Å². The third kappa shape index (κ3) is 3.54. The topological polar surface area (TPSA) is 46.2 Å². The molecule has 0 fully saturated rings. The summed E-state index contributed by atoms with van der Waals surface area (Å²) in [6, 6.07) is 11.9. The smallest absolute Gasteiger partial charge is 0.252 e. The fourth-order valence-electron chi connectivity index (χ4n) is 1.98. The maximum atomic E-state index is 12.9. The largest absolute Gasteiger partial charge is 0.350 e. The van der Waals surface area contributed by atoms with Gasteiger partial charge in [-0.15, -0.1) is 0 Å². The zero-order valence-electron chi connectivity index (χ0n) is 11.9. The fourth-order valence-corrected chi connectivity index (χ4v) is 1.98. The number of nitrogens with one attached hydrogen (secondary N) is 1. The Hall–Kier alpha value is -2.49. The first-order chi connectivity index (χ1) is 9.99. The summed E-state index contributed by atoms with van der Waals surface area (Å²) in [6.07, 6.45) is 0. The third-order valence-corrected chi connectivity index (χ3v) is 2.94. The Bertz CT molecular complexity index is 663. The van der Waals surface area contributed by atoms with Gasteiger partial charge >= 0.3 is 0 Å². The summed E-state index contributed by atoms with van der Waals surface area (Å²) in [5.74, 6) is -1.00. The lowest BCUT2D eigenvalue weighted by Gasteiger charge is -2.11. The van der Waals surface area contributed by atoms with Crippen molar-refractivity contribution in [2.45, 2.75) is 19.9 Å². The molecule has 0 aliphatic heterocycles. The highest BCUT2D eigenvalue weighted by molar-refractivity contribution is 6.15. The van der Waals surface area contributed by atoms with Gasteiger partial charge in [0.25, 0.3) is 5.91 Å². The van der Waals surface area contributed by atoms with E-state index in [1.54, 1.807) is 24.3 Å². The normalized spacial score (nSPS) is 10.5. The summed E-state index contributed by atoms with van der Waals surface area (Å²) < 4.78 is 12.9. The van der Waals surface area contributed by atoms with Gasteiger partial charge < -0.3 is 5.32 Å². The van der Waals surface area contributed by atoms with E-state index in [4.69, 9.17) is 0 Å². The van der Waals surface area contributed by atoms with Crippen LogP contribution in [0.2, 0.25) is 0 Å². The molecule has 0 saturated carbocycles. The first kappa shape index (κ1) is 14.9. The Morgan fingerprint density at radius 1 is 0.952 bits per heavy atom. The number of benzene rings is 2. The van der Waals surface area contributed by atoms with Crippen LogP contribution in [0.15, 0.2) is 48.5 Å². The van der Waals surface area contributed by atoms with Crippen LogP contribution in [-0.4, -0.2) is 17.7 Å². The minimum atomic E-state index is -0.405. The van der Waals surface area contributed by atoms with Crippen molar-refractivity contribution in [2.24, 2.45) is 0 Å². The van der Waals surface area contributed by atoms with Crippen LogP contribution in [0.5, 0.6) is 0 Å². The van der Waals surface area contributed by atoms with Crippen molar-refractivity contribution in [3.63, 3.8) is 0 Å². The number of rotatable bonds is 4. The van der Waals surface area contributed by atoms with Crippen molar-refractivity contribution in [3.05, 3.63) is 71.0 Å². The number of carbonyl (C=O) groups excluding carboxylic acids is 2. The van der Waals surface area contributed by atoms with E-state index in [9.17, 15) is 14.0 Å². The molecule has 0 bridgehead atoms. The van der Waals surface area contributed by atoms with Gasteiger partial charge in [-0.1, -0.05) is 18.2 Å². The standard InChI is InChI=1S/C17H16FNO2/c1-11(2)19-17(21)15-6-4-3-5-14(15)16(20)12-7-9-13(18)10-8-12/h3-11H,1-2H3,(H,19,21). The van der Waals surface area contributed by atoms with E-state index in [1.165, 1.54) is 24.3 Å². The second kappa shape index (κ2) is 6.31. The summed E-state index contributed by atoms with van der Waals surface area (Å²) in [7, 11) is 0. The summed E-state index contributed by atoms with van der Waals surface area (Å²) in [6.45, 7) is 3.70. The molecule has 108 valence electrons. The highest BCUT2D eigenvalue weighted by atomic mass is 19.1. The number of hydrogen-bond acceptors (Lipinski definition) is 2. The van der Waals surface area contributed by atoms with Gasteiger partial charge in [0.1, 0.15) is 5.82 Å². The minimum absolute atomic E-state index is 0.0218. The molecule has 0 aliphatic rings. The fraction of sp³-hybridized carbons (Fsp3) is 0.176. The molecule has 0 atom stereocenters. The maximum Gasteiger partial charge on any atom is 0.252 e. The summed E-state index contributed by atoms with van der Waals surface area (Å²) >= 11 is 0. The average molecular weight is 285 g/mol. The number of halogens is 1. The lowest BCUT2D eigenvalue weighted by Crippen LogP contribution is -2.31. The van der Waals surface area contributed by atoms with Gasteiger partial charge in [0.15, 0.2) is 5.78 Å². The van der Waals surface area contributed by atoms with Crippen molar-refractivity contribution in [1.82, 2.24) is 5.32 Å². The molecular formula is C17H16FNO2. The molecule has 1 amide bonds. The van der Waals surface area contributed by atoms with Crippen LogP contribution < -0.4 is 5.32 Å². The summed E-state index contributed by atoms with van der Waals surface area (Å²) in [5.41, 5.74) is 0.976. The van der Waals surface area contributed by atoms with Crippen LogP contribution in [-0.2, 0) is 0 Å². The molecule has 0 aliphatic carbocycles. The van der Waals surface area contributed by atoms with Crippen molar-refractivity contribution in [2.75, 3.05) is 0 Å². The first-order valence-corrected chi connectivity index (χ1v) is 6.69. The first-order valence-electron chi connectivity index (χ1n) is 6.69. The molecule has 0 radical (unpaired) electrons. The van der Waals surface area contributed by atoms with Crippen LogP contribution in [0.1, 0.15) is 40.1 Å². The Balaban J connectivity index is 2.37. The van der Waals surface area contributed by atoms with Crippen LogP contribution in [0.4, 0.5) is 4.39 Å². The highest BCUT2D eigenvalue weighted by Gasteiger charge is 2.18.